The highest BCUT2D eigenvalue weighted by Gasteiger charge is 2.26. The SMILES string of the molecule is O=C1CC(CCC2CCC2)N1. The van der Waals surface area contributed by atoms with E-state index in [1.807, 2.05) is 0 Å². The largest absolute Gasteiger partial charge is 0.353 e. The zero-order chi connectivity index (χ0) is 7.68. The molecule has 1 amide bonds. The molecular formula is C9H15NO. The first kappa shape index (κ1) is 7.14. The Balaban J connectivity index is 1.56. The van der Waals surface area contributed by atoms with E-state index in [1.54, 1.807) is 0 Å². The maximum atomic E-state index is 10.5. The molecule has 0 aromatic rings. The summed E-state index contributed by atoms with van der Waals surface area (Å²) < 4.78 is 0. The minimum absolute atomic E-state index is 0.239. The first-order chi connectivity index (χ1) is 5.34. The lowest BCUT2D eigenvalue weighted by Gasteiger charge is -2.31. The van der Waals surface area contributed by atoms with Gasteiger partial charge < -0.3 is 5.32 Å². The number of rotatable bonds is 3. The van der Waals surface area contributed by atoms with Crippen LogP contribution in [0.2, 0.25) is 0 Å². The van der Waals surface area contributed by atoms with E-state index in [-0.39, 0.29) is 5.91 Å². The Morgan fingerprint density at radius 3 is 2.55 bits per heavy atom. The summed E-state index contributed by atoms with van der Waals surface area (Å²) in [4.78, 5) is 10.5. The van der Waals surface area contributed by atoms with Gasteiger partial charge >= 0.3 is 0 Å². The van der Waals surface area contributed by atoms with Crippen LogP contribution < -0.4 is 5.32 Å². The third kappa shape index (κ3) is 1.55. The highest BCUT2D eigenvalue weighted by molar-refractivity contribution is 5.82. The zero-order valence-electron chi connectivity index (χ0n) is 6.81. The summed E-state index contributed by atoms with van der Waals surface area (Å²) >= 11 is 0. The second-order valence-corrected chi connectivity index (χ2v) is 3.84. The van der Waals surface area contributed by atoms with Crippen LogP contribution in [0.25, 0.3) is 0 Å². The van der Waals surface area contributed by atoms with Crippen LogP contribution in [-0.2, 0) is 4.79 Å². The molecule has 1 saturated carbocycles. The summed E-state index contributed by atoms with van der Waals surface area (Å²) in [6.45, 7) is 0. The van der Waals surface area contributed by atoms with Crippen molar-refractivity contribution in [3.63, 3.8) is 0 Å². The molecule has 1 heterocycles. The van der Waals surface area contributed by atoms with Crippen LogP contribution in [0.4, 0.5) is 0 Å². The van der Waals surface area contributed by atoms with Crippen molar-refractivity contribution in [2.45, 2.75) is 44.6 Å². The fourth-order valence-corrected chi connectivity index (χ4v) is 1.82. The number of carbonyl (C=O) groups is 1. The van der Waals surface area contributed by atoms with E-state index in [2.05, 4.69) is 5.32 Å². The molecule has 2 heteroatoms. The molecule has 0 radical (unpaired) electrons. The highest BCUT2D eigenvalue weighted by atomic mass is 16.2. The summed E-state index contributed by atoms with van der Waals surface area (Å²) in [5.41, 5.74) is 0. The molecule has 1 unspecified atom stereocenters. The standard InChI is InChI=1S/C9H15NO/c11-9-6-8(10-9)5-4-7-2-1-3-7/h7-8H,1-6H2,(H,10,11). The topological polar surface area (TPSA) is 29.1 Å². The number of β-lactam (4-membered cyclic amide) rings is 1. The molecule has 11 heavy (non-hydrogen) atoms. The molecule has 0 spiro atoms. The van der Waals surface area contributed by atoms with Gasteiger partial charge in [-0.2, -0.15) is 0 Å². The molecule has 1 saturated heterocycles. The van der Waals surface area contributed by atoms with Gasteiger partial charge in [-0.05, 0) is 18.8 Å². The Morgan fingerprint density at radius 1 is 1.36 bits per heavy atom. The van der Waals surface area contributed by atoms with E-state index in [4.69, 9.17) is 0 Å². The summed E-state index contributed by atoms with van der Waals surface area (Å²) in [5.74, 6) is 1.23. The van der Waals surface area contributed by atoms with Gasteiger partial charge in [-0.1, -0.05) is 19.3 Å². The number of nitrogens with one attached hydrogen (secondary N) is 1. The van der Waals surface area contributed by atoms with E-state index in [9.17, 15) is 4.79 Å². The van der Waals surface area contributed by atoms with Crippen molar-refractivity contribution in [1.82, 2.24) is 5.32 Å². The minimum atomic E-state index is 0.239. The van der Waals surface area contributed by atoms with Gasteiger partial charge in [0.25, 0.3) is 0 Å². The molecule has 2 nitrogen and oxygen atoms in total. The smallest absolute Gasteiger partial charge is 0.222 e. The normalized spacial score (nSPS) is 30.5. The molecule has 1 aliphatic heterocycles. The Hall–Kier alpha value is -0.530. The van der Waals surface area contributed by atoms with Crippen LogP contribution in [0.1, 0.15) is 38.5 Å². The molecule has 2 rings (SSSR count). The lowest BCUT2D eigenvalue weighted by atomic mass is 9.80. The van der Waals surface area contributed by atoms with Crippen LogP contribution in [0.15, 0.2) is 0 Å². The van der Waals surface area contributed by atoms with Gasteiger partial charge in [0.2, 0.25) is 5.91 Å². The van der Waals surface area contributed by atoms with Gasteiger partial charge in [-0.3, -0.25) is 4.79 Å². The van der Waals surface area contributed by atoms with E-state index >= 15 is 0 Å². The fourth-order valence-electron chi connectivity index (χ4n) is 1.82. The molecule has 2 aliphatic rings. The Kier molecular flexibility index (Phi) is 1.84. The molecule has 2 fully saturated rings. The van der Waals surface area contributed by atoms with Crippen molar-refractivity contribution in [1.29, 1.82) is 0 Å². The van der Waals surface area contributed by atoms with Gasteiger partial charge in [0, 0.05) is 12.5 Å². The van der Waals surface area contributed by atoms with E-state index in [1.165, 1.54) is 32.1 Å². The zero-order valence-corrected chi connectivity index (χ0v) is 6.81. The molecule has 0 bridgehead atoms. The monoisotopic (exact) mass is 153 g/mol. The summed E-state index contributed by atoms with van der Waals surface area (Å²) in [5, 5.41) is 2.91. The molecule has 0 aromatic heterocycles. The lowest BCUT2D eigenvalue weighted by molar-refractivity contribution is -0.128. The van der Waals surface area contributed by atoms with Crippen LogP contribution in [0, 0.1) is 5.92 Å². The van der Waals surface area contributed by atoms with Crippen molar-refractivity contribution in [2.24, 2.45) is 5.92 Å². The number of amides is 1. The second-order valence-electron chi connectivity index (χ2n) is 3.84. The summed E-state index contributed by atoms with van der Waals surface area (Å²) in [6.07, 6.45) is 7.64. The maximum Gasteiger partial charge on any atom is 0.222 e. The van der Waals surface area contributed by atoms with Crippen molar-refractivity contribution in [2.75, 3.05) is 0 Å². The third-order valence-corrected chi connectivity index (χ3v) is 2.95. The maximum absolute atomic E-state index is 10.5. The third-order valence-electron chi connectivity index (χ3n) is 2.95. The molecule has 0 aromatic carbocycles. The van der Waals surface area contributed by atoms with Crippen LogP contribution in [0.5, 0.6) is 0 Å². The Morgan fingerprint density at radius 2 is 2.09 bits per heavy atom. The van der Waals surface area contributed by atoms with Crippen LogP contribution in [-0.4, -0.2) is 11.9 Å². The van der Waals surface area contributed by atoms with Crippen LogP contribution in [0.3, 0.4) is 0 Å². The average molecular weight is 153 g/mol. The Labute approximate surface area is 67.4 Å². The van der Waals surface area contributed by atoms with Gasteiger partial charge in [0.1, 0.15) is 0 Å². The highest BCUT2D eigenvalue weighted by Crippen LogP contribution is 2.31. The number of hydrogen-bond acceptors (Lipinski definition) is 1. The minimum Gasteiger partial charge on any atom is -0.353 e. The number of carbonyl (C=O) groups excluding carboxylic acids is 1. The molecule has 1 N–H and O–H groups in total. The first-order valence-corrected chi connectivity index (χ1v) is 4.64. The Bertz CT molecular complexity index is 155. The van der Waals surface area contributed by atoms with Gasteiger partial charge in [-0.25, -0.2) is 0 Å². The van der Waals surface area contributed by atoms with E-state index in [0.717, 1.165) is 12.3 Å². The molecular weight excluding hydrogens is 138 g/mol. The summed E-state index contributed by atoms with van der Waals surface area (Å²) in [6, 6.07) is 0.531. The van der Waals surface area contributed by atoms with Crippen molar-refractivity contribution < 1.29 is 4.79 Å². The van der Waals surface area contributed by atoms with Crippen molar-refractivity contribution in [3.05, 3.63) is 0 Å². The van der Waals surface area contributed by atoms with Crippen molar-refractivity contribution in [3.8, 4) is 0 Å². The molecule has 1 aliphatic carbocycles. The van der Waals surface area contributed by atoms with Crippen LogP contribution >= 0.6 is 0 Å². The first-order valence-electron chi connectivity index (χ1n) is 4.64. The van der Waals surface area contributed by atoms with E-state index < -0.39 is 0 Å². The fraction of sp³-hybridized carbons (Fsp3) is 0.889. The van der Waals surface area contributed by atoms with Gasteiger partial charge in [-0.15, -0.1) is 0 Å². The van der Waals surface area contributed by atoms with Crippen molar-refractivity contribution >= 4 is 5.91 Å². The number of hydrogen-bond donors (Lipinski definition) is 1. The predicted octanol–water partition coefficient (Wildman–Crippen LogP) is 1.46. The summed E-state index contributed by atoms with van der Waals surface area (Å²) in [7, 11) is 0. The van der Waals surface area contributed by atoms with Gasteiger partial charge in [0.15, 0.2) is 0 Å². The average Bonchev–Trinajstić information content (AvgIpc) is 1.80. The lowest BCUT2D eigenvalue weighted by Crippen LogP contribution is -2.48. The quantitative estimate of drug-likeness (QED) is 0.611. The van der Waals surface area contributed by atoms with Gasteiger partial charge in [0.05, 0.1) is 0 Å². The molecule has 62 valence electrons. The van der Waals surface area contributed by atoms with E-state index in [0.29, 0.717) is 6.04 Å². The second kappa shape index (κ2) is 2.84. The predicted molar refractivity (Wildman–Crippen MR) is 43.1 cm³/mol. The molecule has 1 atom stereocenters.